The van der Waals surface area contributed by atoms with Gasteiger partial charge in [0.15, 0.2) is 6.61 Å². The second-order valence-corrected chi connectivity index (χ2v) is 9.03. The summed E-state index contributed by atoms with van der Waals surface area (Å²) in [5.74, 6) is -1.04. The minimum absolute atomic E-state index is 0.0586. The van der Waals surface area contributed by atoms with E-state index in [1.807, 2.05) is 0 Å². The van der Waals surface area contributed by atoms with Crippen LogP contribution in [0.15, 0.2) is 48.5 Å². The number of hydrogen-bond donors (Lipinski definition) is 2. The molecule has 182 valence electrons. The number of piperidine rings is 1. The Morgan fingerprint density at radius 1 is 1.03 bits per heavy atom. The number of nitrogens with one attached hydrogen (secondary N) is 2. The zero-order valence-corrected chi connectivity index (χ0v) is 19.6. The van der Waals surface area contributed by atoms with E-state index in [1.54, 1.807) is 56.0 Å². The number of rotatable bonds is 6. The Hall–Kier alpha value is -3.62. The number of benzene rings is 2. The fourth-order valence-electron chi connectivity index (χ4n) is 3.53. The van der Waals surface area contributed by atoms with Gasteiger partial charge in [0.05, 0.1) is 11.3 Å². The number of hydrogen-bond acceptors (Lipinski definition) is 5. The Morgan fingerprint density at radius 2 is 1.68 bits per heavy atom. The summed E-state index contributed by atoms with van der Waals surface area (Å²) in [6.07, 6.45) is 0.725. The highest BCUT2D eigenvalue weighted by atomic mass is 19.1. The fraction of sp³-hybridized carbons (Fsp3) is 0.400. The van der Waals surface area contributed by atoms with Crippen molar-refractivity contribution in [1.29, 1.82) is 0 Å². The van der Waals surface area contributed by atoms with Crippen molar-refractivity contribution in [3.05, 3.63) is 59.9 Å². The zero-order chi connectivity index (χ0) is 24.7. The van der Waals surface area contributed by atoms with Crippen molar-refractivity contribution in [2.75, 3.05) is 25.0 Å². The third kappa shape index (κ3) is 7.19. The van der Waals surface area contributed by atoms with Crippen LogP contribution in [-0.4, -0.2) is 54.1 Å². The summed E-state index contributed by atoms with van der Waals surface area (Å²) in [6.45, 7) is 5.95. The maximum atomic E-state index is 13.7. The van der Waals surface area contributed by atoms with Crippen molar-refractivity contribution < 1.29 is 28.2 Å². The van der Waals surface area contributed by atoms with E-state index >= 15 is 0 Å². The van der Waals surface area contributed by atoms with Gasteiger partial charge in [0.25, 0.3) is 11.8 Å². The number of likely N-dealkylation sites (tertiary alicyclic amines) is 1. The maximum Gasteiger partial charge on any atom is 0.407 e. The van der Waals surface area contributed by atoms with E-state index in [4.69, 9.17) is 9.47 Å². The Bertz CT molecular complexity index is 1030. The molecule has 1 fully saturated rings. The first-order chi connectivity index (χ1) is 16.1. The Labute approximate surface area is 198 Å². The van der Waals surface area contributed by atoms with Crippen molar-refractivity contribution in [1.82, 2.24) is 10.2 Å². The molecule has 0 atom stereocenters. The van der Waals surface area contributed by atoms with Gasteiger partial charge in [0.2, 0.25) is 0 Å². The average Bonchev–Trinajstić information content (AvgIpc) is 2.78. The van der Waals surface area contributed by atoms with Gasteiger partial charge in [-0.25, -0.2) is 9.18 Å². The van der Waals surface area contributed by atoms with Crippen molar-refractivity contribution in [3.8, 4) is 5.75 Å². The third-order valence-electron chi connectivity index (χ3n) is 5.13. The van der Waals surface area contributed by atoms with Gasteiger partial charge in [-0.05, 0) is 57.9 Å². The molecule has 0 aliphatic carbocycles. The highest BCUT2D eigenvalue weighted by molar-refractivity contribution is 5.97. The molecule has 34 heavy (non-hydrogen) atoms. The van der Waals surface area contributed by atoms with Crippen LogP contribution in [-0.2, 0) is 9.53 Å². The number of halogens is 1. The van der Waals surface area contributed by atoms with Crippen LogP contribution in [0.1, 0.15) is 44.0 Å². The molecular weight excluding hydrogens is 441 g/mol. The summed E-state index contributed by atoms with van der Waals surface area (Å²) >= 11 is 0. The second-order valence-electron chi connectivity index (χ2n) is 9.03. The molecule has 0 spiro atoms. The smallest absolute Gasteiger partial charge is 0.407 e. The van der Waals surface area contributed by atoms with E-state index in [2.05, 4.69) is 10.6 Å². The lowest BCUT2D eigenvalue weighted by Crippen LogP contribution is -2.47. The number of carbonyl (C=O) groups excluding carboxylic acids is 3. The molecule has 0 unspecified atom stereocenters. The zero-order valence-electron chi connectivity index (χ0n) is 19.6. The number of anilines is 1. The van der Waals surface area contributed by atoms with Crippen LogP contribution in [0.2, 0.25) is 0 Å². The van der Waals surface area contributed by atoms with E-state index in [1.165, 1.54) is 18.2 Å². The lowest BCUT2D eigenvalue weighted by Gasteiger charge is -2.33. The van der Waals surface area contributed by atoms with Crippen molar-refractivity contribution in [3.63, 3.8) is 0 Å². The van der Waals surface area contributed by atoms with Crippen LogP contribution < -0.4 is 15.4 Å². The standard InChI is InChI=1S/C25H30FN3O5/c1-25(2,3)34-24(32)27-17-12-14-29(15-13-17)23(31)18-8-4-7-11-21(18)33-16-22(30)28-20-10-6-5-9-19(20)26/h4-11,17H,12-16H2,1-3H3,(H,27,32)(H,28,30). The molecule has 0 aromatic heterocycles. The molecule has 0 saturated carbocycles. The molecule has 2 aromatic carbocycles. The number of alkyl carbamates (subject to hydrolysis) is 1. The molecular formula is C25H30FN3O5. The quantitative estimate of drug-likeness (QED) is 0.665. The second kappa shape index (κ2) is 11.0. The van der Waals surface area contributed by atoms with Gasteiger partial charge >= 0.3 is 6.09 Å². The highest BCUT2D eigenvalue weighted by Gasteiger charge is 2.27. The van der Waals surface area contributed by atoms with Gasteiger partial charge in [0.1, 0.15) is 17.2 Å². The van der Waals surface area contributed by atoms with Crippen LogP contribution >= 0.6 is 0 Å². The van der Waals surface area contributed by atoms with E-state index in [9.17, 15) is 18.8 Å². The molecule has 1 heterocycles. The van der Waals surface area contributed by atoms with Gasteiger partial charge in [-0.1, -0.05) is 24.3 Å². The van der Waals surface area contributed by atoms with Crippen LogP contribution in [0.4, 0.5) is 14.9 Å². The minimum Gasteiger partial charge on any atom is -0.483 e. The van der Waals surface area contributed by atoms with E-state index in [-0.39, 0.29) is 30.0 Å². The molecule has 1 saturated heterocycles. The molecule has 9 heteroatoms. The van der Waals surface area contributed by atoms with Crippen molar-refractivity contribution >= 4 is 23.6 Å². The van der Waals surface area contributed by atoms with E-state index < -0.39 is 23.4 Å². The molecule has 1 aliphatic rings. The fourth-order valence-corrected chi connectivity index (χ4v) is 3.53. The van der Waals surface area contributed by atoms with Crippen molar-refractivity contribution in [2.45, 2.75) is 45.3 Å². The molecule has 3 amide bonds. The van der Waals surface area contributed by atoms with Crippen LogP contribution in [0.25, 0.3) is 0 Å². The minimum atomic E-state index is -0.573. The number of amides is 3. The van der Waals surface area contributed by atoms with Crippen molar-refractivity contribution in [2.24, 2.45) is 0 Å². The number of ether oxygens (including phenoxy) is 2. The number of para-hydroxylation sites is 2. The Balaban J connectivity index is 1.54. The summed E-state index contributed by atoms with van der Waals surface area (Å²) in [5, 5.41) is 5.30. The predicted molar refractivity (Wildman–Crippen MR) is 125 cm³/mol. The summed E-state index contributed by atoms with van der Waals surface area (Å²) in [5.41, 5.74) is -0.181. The molecule has 8 nitrogen and oxygen atoms in total. The summed E-state index contributed by atoms with van der Waals surface area (Å²) in [4.78, 5) is 39.0. The maximum absolute atomic E-state index is 13.7. The molecule has 2 aromatic rings. The monoisotopic (exact) mass is 471 g/mol. The summed E-state index contributed by atoms with van der Waals surface area (Å²) in [7, 11) is 0. The Kier molecular flexibility index (Phi) is 8.09. The third-order valence-corrected chi connectivity index (χ3v) is 5.13. The normalized spacial score (nSPS) is 14.3. The molecule has 0 bridgehead atoms. The van der Waals surface area contributed by atoms with Crippen LogP contribution in [0.3, 0.4) is 0 Å². The summed E-state index contributed by atoms with van der Waals surface area (Å²) in [6, 6.07) is 12.4. The van der Waals surface area contributed by atoms with Gasteiger partial charge < -0.3 is 25.0 Å². The van der Waals surface area contributed by atoms with Crippen LogP contribution in [0, 0.1) is 5.82 Å². The van der Waals surface area contributed by atoms with Crippen LogP contribution in [0.5, 0.6) is 5.75 Å². The first-order valence-corrected chi connectivity index (χ1v) is 11.2. The van der Waals surface area contributed by atoms with E-state index in [0.717, 1.165) is 0 Å². The van der Waals surface area contributed by atoms with Gasteiger partial charge in [-0.2, -0.15) is 0 Å². The number of carbonyl (C=O) groups is 3. The molecule has 3 rings (SSSR count). The molecule has 2 N–H and O–H groups in total. The first-order valence-electron chi connectivity index (χ1n) is 11.2. The lowest BCUT2D eigenvalue weighted by atomic mass is 10.0. The van der Waals surface area contributed by atoms with Gasteiger partial charge in [-0.15, -0.1) is 0 Å². The first kappa shape index (κ1) is 25.0. The van der Waals surface area contributed by atoms with Gasteiger partial charge in [-0.3, -0.25) is 9.59 Å². The highest BCUT2D eigenvalue weighted by Crippen LogP contribution is 2.23. The lowest BCUT2D eigenvalue weighted by molar-refractivity contribution is -0.118. The average molecular weight is 472 g/mol. The Morgan fingerprint density at radius 3 is 2.35 bits per heavy atom. The predicted octanol–water partition coefficient (Wildman–Crippen LogP) is 3.97. The SMILES string of the molecule is CC(C)(C)OC(=O)NC1CCN(C(=O)c2ccccc2OCC(=O)Nc2ccccc2F)CC1. The molecule has 0 radical (unpaired) electrons. The van der Waals surface area contributed by atoms with Gasteiger partial charge in [0, 0.05) is 19.1 Å². The van der Waals surface area contributed by atoms with E-state index in [0.29, 0.717) is 31.5 Å². The largest absolute Gasteiger partial charge is 0.483 e. The molecule has 1 aliphatic heterocycles. The number of nitrogens with zero attached hydrogens (tertiary/aromatic N) is 1. The topological polar surface area (TPSA) is 97.0 Å². The summed E-state index contributed by atoms with van der Waals surface area (Å²) < 4.78 is 24.6.